The zero-order valence-corrected chi connectivity index (χ0v) is 11.8. The van der Waals surface area contributed by atoms with Crippen molar-refractivity contribution in [3.63, 3.8) is 0 Å². The smallest absolute Gasteiger partial charge is 0.0992 e. The highest BCUT2D eigenvalue weighted by Gasteiger charge is 2.09. The highest BCUT2D eigenvalue weighted by molar-refractivity contribution is 9.10. The molecular weight excluding hydrogens is 292 g/mol. The Morgan fingerprint density at radius 3 is 2.89 bits per heavy atom. The molecule has 1 aromatic heterocycles. The van der Waals surface area contributed by atoms with Crippen molar-refractivity contribution in [3.8, 4) is 6.07 Å². The van der Waals surface area contributed by atoms with Crippen molar-refractivity contribution < 1.29 is 0 Å². The van der Waals surface area contributed by atoms with Gasteiger partial charge in [0.2, 0.25) is 0 Å². The lowest BCUT2D eigenvalue weighted by Crippen LogP contribution is -2.06. The molecule has 5 heteroatoms. The van der Waals surface area contributed by atoms with Crippen molar-refractivity contribution in [1.82, 2.24) is 9.78 Å². The third-order valence-corrected chi connectivity index (χ3v) is 3.74. The monoisotopic (exact) mass is 304 g/mol. The minimum atomic E-state index is 0.653. The molecule has 0 aliphatic rings. The molecule has 0 aliphatic carbocycles. The second-order valence-corrected chi connectivity index (χ2v) is 4.81. The zero-order chi connectivity index (χ0) is 13.1. The number of aryl methyl sites for hydroxylation is 2. The Morgan fingerprint density at radius 2 is 2.28 bits per heavy atom. The Labute approximate surface area is 114 Å². The number of halogens is 1. The first-order valence-corrected chi connectivity index (χ1v) is 6.33. The van der Waals surface area contributed by atoms with E-state index >= 15 is 0 Å². The summed E-state index contributed by atoms with van der Waals surface area (Å²) in [7, 11) is 1.92. The maximum atomic E-state index is 8.84. The van der Waals surface area contributed by atoms with E-state index in [0.717, 1.165) is 21.5 Å². The summed E-state index contributed by atoms with van der Waals surface area (Å²) in [6.45, 7) is 2.62. The molecule has 0 saturated carbocycles. The Balaban J connectivity index is 2.14. The number of aromatic nitrogens is 2. The normalized spacial score (nSPS) is 10.1. The number of nitrogens with zero attached hydrogens (tertiary/aromatic N) is 3. The number of nitrogens with one attached hydrogen (secondary N) is 1. The molecule has 2 rings (SSSR count). The van der Waals surface area contributed by atoms with E-state index in [4.69, 9.17) is 5.26 Å². The molecule has 2 aromatic rings. The lowest BCUT2D eigenvalue weighted by atomic mass is 10.2. The van der Waals surface area contributed by atoms with Gasteiger partial charge >= 0.3 is 0 Å². The van der Waals surface area contributed by atoms with Gasteiger partial charge in [0.05, 0.1) is 34.0 Å². The lowest BCUT2D eigenvalue weighted by Gasteiger charge is -2.07. The first-order chi connectivity index (χ1) is 8.61. The molecule has 0 spiro atoms. The molecule has 0 aliphatic heterocycles. The largest absolute Gasteiger partial charge is 0.379 e. The number of nitriles is 1. The first-order valence-electron chi connectivity index (χ1n) is 5.54. The first kappa shape index (κ1) is 12.7. The molecule has 1 N–H and O–H groups in total. The summed E-state index contributed by atoms with van der Waals surface area (Å²) in [4.78, 5) is 0. The molecule has 0 unspecified atom stereocenters. The van der Waals surface area contributed by atoms with E-state index in [1.54, 1.807) is 6.07 Å². The second kappa shape index (κ2) is 5.23. The Morgan fingerprint density at radius 1 is 1.50 bits per heavy atom. The topological polar surface area (TPSA) is 53.6 Å². The maximum absolute atomic E-state index is 8.84. The fourth-order valence-corrected chi connectivity index (χ4v) is 2.23. The predicted octanol–water partition coefficient (Wildman–Crippen LogP) is 2.97. The summed E-state index contributed by atoms with van der Waals surface area (Å²) in [5.41, 5.74) is 3.63. The van der Waals surface area contributed by atoms with Crippen LogP contribution in [0.3, 0.4) is 0 Å². The zero-order valence-electron chi connectivity index (χ0n) is 10.2. The van der Waals surface area contributed by atoms with Crippen molar-refractivity contribution in [2.24, 2.45) is 7.05 Å². The van der Waals surface area contributed by atoms with E-state index in [2.05, 4.69) is 32.4 Å². The van der Waals surface area contributed by atoms with E-state index < -0.39 is 0 Å². The van der Waals surface area contributed by atoms with Gasteiger partial charge in [0, 0.05) is 12.7 Å². The molecule has 0 fully saturated rings. The molecule has 0 bridgehead atoms. The summed E-state index contributed by atoms with van der Waals surface area (Å²) in [5.74, 6) is 0. The van der Waals surface area contributed by atoms with Gasteiger partial charge in [0.1, 0.15) is 0 Å². The third-order valence-electron chi connectivity index (χ3n) is 2.71. The fraction of sp³-hybridized carbons (Fsp3) is 0.231. The minimum Gasteiger partial charge on any atom is -0.379 e. The fourth-order valence-electron chi connectivity index (χ4n) is 1.76. The lowest BCUT2D eigenvalue weighted by molar-refractivity contribution is 0.712. The van der Waals surface area contributed by atoms with Crippen LogP contribution in [0.15, 0.2) is 28.7 Å². The summed E-state index contributed by atoms with van der Waals surface area (Å²) >= 11 is 3.53. The van der Waals surface area contributed by atoms with Crippen LogP contribution in [-0.4, -0.2) is 9.78 Å². The summed E-state index contributed by atoms with van der Waals surface area (Å²) in [6.07, 6.45) is 0. The molecule has 0 radical (unpaired) electrons. The van der Waals surface area contributed by atoms with Crippen molar-refractivity contribution in [2.75, 3.05) is 5.32 Å². The van der Waals surface area contributed by atoms with Gasteiger partial charge in [-0.3, -0.25) is 4.68 Å². The third kappa shape index (κ3) is 2.54. The van der Waals surface area contributed by atoms with E-state index in [9.17, 15) is 0 Å². The van der Waals surface area contributed by atoms with E-state index in [0.29, 0.717) is 12.1 Å². The molecule has 0 atom stereocenters. The molecule has 0 amide bonds. The van der Waals surface area contributed by atoms with Crippen molar-refractivity contribution >= 4 is 21.6 Å². The van der Waals surface area contributed by atoms with Crippen LogP contribution in [0, 0.1) is 18.3 Å². The van der Waals surface area contributed by atoms with Gasteiger partial charge < -0.3 is 5.32 Å². The molecule has 4 nitrogen and oxygen atoms in total. The Bertz CT molecular complexity index is 610. The standard InChI is InChI=1S/C13H13BrN4/c1-9-13(14)12(18(2)17-9)8-16-11-5-3-4-10(6-11)7-15/h3-6,16H,8H2,1-2H3. The number of rotatable bonds is 3. The highest BCUT2D eigenvalue weighted by Crippen LogP contribution is 2.21. The van der Waals surface area contributed by atoms with Crippen LogP contribution < -0.4 is 5.32 Å². The minimum absolute atomic E-state index is 0.653. The number of benzene rings is 1. The summed E-state index contributed by atoms with van der Waals surface area (Å²) < 4.78 is 2.87. The summed E-state index contributed by atoms with van der Waals surface area (Å²) in [5, 5.41) is 16.5. The van der Waals surface area contributed by atoms with Crippen LogP contribution in [0.5, 0.6) is 0 Å². The SMILES string of the molecule is Cc1nn(C)c(CNc2cccc(C#N)c2)c1Br. The molecule has 1 aromatic carbocycles. The average Bonchev–Trinajstić information content (AvgIpc) is 2.61. The van der Waals surface area contributed by atoms with Crippen molar-refractivity contribution in [2.45, 2.75) is 13.5 Å². The molecule has 92 valence electrons. The second-order valence-electron chi connectivity index (χ2n) is 4.02. The Hall–Kier alpha value is -1.80. The number of hydrogen-bond donors (Lipinski definition) is 1. The van der Waals surface area contributed by atoms with Crippen LogP contribution in [0.25, 0.3) is 0 Å². The van der Waals surface area contributed by atoms with Crippen molar-refractivity contribution in [1.29, 1.82) is 5.26 Å². The van der Waals surface area contributed by atoms with Gasteiger partial charge in [-0.15, -0.1) is 0 Å². The van der Waals surface area contributed by atoms with Gasteiger partial charge in [-0.05, 0) is 41.1 Å². The van der Waals surface area contributed by atoms with Crippen LogP contribution >= 0.6 is 15.9 Å². The summed E-state index contributed by atoms with van der Waals surface area (Å²) in [6, 6.07) is 9.55. The van der Waals surface area contributed by atoms with E-state index in [1.807, 2.05) is 36.9 Å². The quantitative estimate of drug-likeness (QED) is 0.948. The van der Waals surface area contributed by atoms with Gasteiger partial charge in [-0.1, -0.05) is 6.07 Å². The van der Waals surface area contributed by atoms with Crippen molar-refractivity contribution in [3.05, 3.63) is 45.7 Å². The molecule has 1 heterocycles. The highest BCUT2D eigenvalue weighted by atomic mass is 79.9. The maximum Gasteiger partial charge on any atom is 0.0992 e. The van der Waals surface area contributed by atoms with Crippen LogP contribution in [0.1, 0.15) is 17.0 Å². The molecule has 0 saturated heterocycles. The Kier molecular flexibility index (Phi) is 3.68. The van der Waals surface area contributed by atoms with E-state index in [-0.39, 0.29) is 0 Å². The predicted molar refractivity (Wildman–Crippen MR) is 74.1 cm³/mol. The van der Waals surface area contributed by atoms with Crippen LogP contribution in [-0.2, 0) is 13.6 Å². The van der Waals surface area contributed by atoms with Gasteiger partial charge in [0.25, 0.3) is 0 Å². The molecular formula is C13H13BrN4. The molecule has 18 heavy (non-hydrogen) atoms. The number of hydrogen-bond acceptors (Lipinski definition) is 3. The van der Waals surface area contributed by atoms with Gasteiger partial charge in [-0.2, -0.15) is 10.4 Å². The van der Waals surface area contributed by atoms with E-state index in [1.165, 1.54) is 0 Å². The average molecular weight is 305 g/mol. The number of anilines is 1. The van der Waals surface area contributed by atoms with Crippen LogP contribution in [0.4, 0.5) is 5.69 Å². The van der Waals surface area contributed by atoms with Gasteiger partial charge in [-0.25, -0.2) is 0 Å². The van der Waals surface area contributed by atoms with Gasteiger partial charge in [0.15, 0.2) is 0 Å². The van der Waals surface area contributed by atoms with Crippen LogP contribution in [0.2, 0.25) is 0 Å².